The maximum Gasteiger partial charge on any atom is 1.00 e. The summed E-state index contributed by atoms with van der Waals surface area (Å²) in [6.07, 6.45) is 0. The minimum absolute atomic E-state index is 0. The van der Waals surface area contributed by atoms with Gasteiger partial charge in [0.2, 0.25) is 0 Å². The molecule has 0 saturated heterocycles. The fraction of sp³-hybridized carbons (Fsp3) is 0. The molecule has 2 heteroatoms. The molecule has 2 rings (SSSR count). The first-order valence-electron chi connectivity index (χ1n) is 3.18. The van der Waals surface area contributed by atoms with Crippen LogP contribution in [0.4, 0.5) is 0 Å². The van der Waals surface area contributed by atoms with Gasteiger partial charge in [0, 0.05) is 0 Å². The molecule has 2 aromatic carbocycles. The molecule has 0 radical (unpaired) electrons. The fourth-order valence-electron chi connectivity index (χ4n) is 1.12. The molecule has 11 heavy (non-hydrogen) atoms. The molecule has 0 aliphatic rings. The zero-order valence-corrected chi connectivity index (χ0v) is 7.93. The van der Waals surface area contributed by atoms with E-state index in [2.05, 4.69) is 46.3 Å². The molecule has 0 bridgehead atoms. The Bertz CT molecular complexity index is 351. The Kier molecular flexibility index (Phi) is 2.89. The van der Waals surface area contributed by atoms with Crippen molar-refractivity contribution in [2.24, 2.45) is 0 Å². The van der Waals surface area contributed by atoms with Crippen molar-refractivity contribution in [3.63, 3.8) is 0 Å². The van der Waals surface area contributed by atoms with Gasteiger partial charge in [0.25, 0.3) is 0 Å². The summed E-state index contributed by atoms with van der Waals surface area (Å²) in [5.41, 5.74) is 0. The predicted molar refractivity (Wildman–Crippen MR) is 47.2 cm³/mol. The SMILES string of the molecule is Brc1cccc2[cH-]ccc12.[Li+]. The first-order chi connectivity index (χ1) is 4.88. The van der Waals surface area contributed by atoms with Gasteiger partial charge in [-0.1, -0.05) is 22.0 Å². The van der Waals surface area contributed by atoms with E-state index in [1.54, 1.807) is 0 Å². The second-order valence-electron chi connectivity index (χ2n) is 2.27. The number of fused-ring (bicyclic) bond motifs is 1. The maximum atomic E-state index is 3.48. The van der Waals surface area contributed by atoms with Crippen LogP contribution in [0.25, 0.3) is 10.8 Å². The molecule has 0 spiro atoms. The molecule has 0 N–H and O–H groups in total. The Hall–Kier alpha value is -0.0926. The van der Waals surface area contributed by atoms with Crippen molar-refractivity contribution in [1.82, 2.24) is 0 Å². The Morgan fingerprint density at radius 3 is 2.73 bits per heavy atom. The minimum atomic E-state index is 0. The summed E-state index contributed by atoms with van der Waals surface area (Å²) in [7, 11) is 0. The Morgan fingerprint density at radius 1 is 1.18 bits per heavy atom. The van der Waals surface area contributed by atoms with Gasteiger partial charge in [-0.3, -0.25) is 0 Å². The average molecular weight is 201 g/mol. The van der Waals surface area contributed by atoms with E-state index >= 15 is 0 Å². The van der Waals surface area contributed by atoms with Gasteiger partial charge >= 0.3 is 18.9 Å². The summed E-state index contributed by atoms with van der Waals surface area (Å²) in [5.74, 6) is 0. The summed E-state index contributed by atoms with van der Waals surface area (Å²) in [5, 5.41) is 2.59. The summed E-state index contributed by atoms with van der Waals surface area (Å²) in [6, 6.07) is 12.5. The molecular weight excluding hydrogens is 195 g/mol. The zero-order chi connectivity index (χ0) is 6.97. The molecule has 2 aromatic rings. The fourth-order valence-corrected chi connectivity index (χ4v) is 1.64. The number of rotatable bonds is 0. The Morgan fingerprint density at radius 2 is 2.00 bits per heavy atom. The summed E-state index contributed by atoms with van der Waals surface area (Å²) >= 11 is 3.48. The predicted octanol–water partition coefficient (Wildman–Crippen LogP) is 0.325. The molecule has 50 valence electrons. The van der Waals surface area contributed by atoms with Crippen LogP contribution in [0.5, 0.6) is 0 Å². The zero-order valence-electron chi connectivity index (χ0n) is 6.34. The second kappa shape index (κ2) is 3.54. The third-order valence-corrected chi connectivity index (χ3v) is 2.32. The molecule has 0 fully saturated rings. The Balaban J connectivity index is 0.000000605. The summed E-state index contributed by atoms with van der Waals surface area (Å²) in [6.45, 7) is 0. The molecule has 0 aromatic heterocycles. The van der Waals surface area contributed by atoms with Crippen LogP contribution in [-0.4, -0.2) is 0 Å². The van der Waals surface area contributed by atoms with E-state index in [0.29, 0.717) is 0 Å². The van der Waals surface area contributed by atoms with Crippen LogP contribution in [0.2, 0.25) is 0 Å². The van der Waals surface area contributed by atoms with E-state index in [9.17, 15) is 0 Å². The molecular formula is C9H6BrLi. The summed E-state index contributed by atoms with van der Waals surface area (Å²) in [4.78, 5) is 0. The van der Waals surface area contributed by atoms with Gasteiger partial charge in [-0.2, -0.15) is 12.1 Å². The monoisotopic (exact) mass is 200 g/mol. The average Bonchev–Trinajstić information content (AvgIpc) is 2.36. The minimum Gasteiger partial charge on any atom is -0.167 e. The van der Waals surface area contributed by atoms with Crippen LogP contribution >= 0.6 is 15.9 Å². The molecule has 0 heterocycles. The van der Waals surface area contributed by atoms with E-state index in [0.717, 1.165) is 0 Å². The largest absolute Gasteiger partial charge is 1.00 e. The second-order valence-corrected chi connectivity index (χ2v) is 3.12. The van der Waals surface area contributed by atoms with Crippen molar-refractivity contribution in [2.45, 2.75) is 0 Å². The normalized spacial score (nSPS) is 9.55. The van der Waals surface area contributed by atoms with E-state index in [1.807, 2.05) is 6.07 Å². The van der Waals surface area contributed by atoms with Crippen molar-refractivity contribution in [3.8, 4) is 0 Å². The standard InChI is InChI=1S/C9H6Br.Li/c10-9-6-2-4-7-3-1-5-8(7)9;/h1-6H;/q-1;+1. The summed E-state index contributed by atoms with van der Waals surface area (Å²) < 4.78 is 1.18. The van der Waals surface area contributed by atoms with Crippen LogP contribution < -0.4 is 18.9 Å². The van der Waals surface area contributed by atoms with Crippen molar-refractivity contribution < 1.29 is 18.9 Å². The van der Waals surface area contributed by atoms with Crippen LogP contribution in [0.15, 0.2) is 40.9 Å². The third-order valence-electron chi connectivity index (χ3n) is 1.63. The number of hydrogen-bond acceptors (Lipinski definition) is 0. The van der Waals surface area contributed by atoms with Crippen molar-refractivity contribution in [1.29, 1.82) is 0 Å². The molecule has 0 nitrogen and oxygen atoms in total. The van der Waals surface area contributed by atoms with Crippen LogP contribution in [0, 0.1) is 0 Å². The van der Waals surface area contributed by atoms with Crippen LogP contribution in [-0.2, 0) is 0 Å². The van der Waals surface area contributed by atoms with Crippen molar-refractivity contribution in [3.05, 3.63) is 40.9 Å². The molecule has 0 amide bonds. The number of benzene rings is 1. The molecule has 0 atom stereocenters. The van der Waals surface area contributed by atoms with Gasteiger partial charge in [0.1, 0.15) is 0 Å². The van der Waals surface area contributed by atoms with Gasteiger partial charge in [-0.05, 0) is 4.47 Å². The smallest absolute Gasteiger partial charge is 0.167 e. The first kappa shape index (κ1) is 9.00. The van der Waals surface area contributed by atoms with Gasteiger partial charge in [0.15, 0.2) is 0 Å². The van der Waals surface area contributed by atoms with Crippen LogP contribution in [0.3, 0.4) is 0 Å². The first-order valence-corrected chi connectivity index (χ1v) is 3.97. The number of hydrogen-bond donors (Lipinski definition) is 0. The topological polar surface area (TPSA) is 0 Å². The van der Waals surface area contributed by atoms with Gasteiger partial charge in [0.05, 0.1) is 0 Å². The quantitative estimate of drug-likeness (QED) is 0.425. The number of halogens is 1. The van der Waals surface area contributed by atoms with E-state index in [-0.39, 0.29) is 18.9 Å². The van der Waals surface area contributed by atoms with E-state index < -0.39 is 0 Å². The van der Waals surface area contributed by atoms with Gasteiger partial charge in [-0.15, -0.1) is 29.0 Å². The van der Waals surface area contributed by atoms with Gasteiger partial charge in [-0.25, -0.2) is 0 Å². The maximum absolute atomic E-state index is 3.48. The van der Waals surface area contributed by atoms with E-state index in [4.69, 9.17) is 0 Å². The van der Waals surface area contributed by atoms with Crippen LogP contribution in [0.1, 0.15) is 0 Å². The van der Waals surface area contributed by atoms with Crippen molar-refractivity contribution in [2.75, 3.05) is 0 Å². The molecule has 0 aliphatic heterocycles. The van der Waals surface area contributed by atoms with Crippen molar-refractivity contribution >= 4 is 26.7 Å². The molecule has 0 aliphatic carbocycles. The Labute approximate surface area is 86.3 Å². The van der Waals surface area contributed by atoms with Gasteiger partial charge < -0.3 is 0 Å². The van der Waals surface area contributed by atoms with E-state index in [1.165, 1.54) is 15.2 Å². The molecule has 0 saturated carbocycles. The molecule has 0 unspecified atom stereocenters. The third kappa shape index (κ3) is 1.56.